The molecule has 7 heteroatoms. The number of halogens is 3. The van der Waals surface area contributed by atoms with E-state index in [1.165, 1.54) is 12.1 Å². The molecule has 0 aliphatic rings. The van der Waals surface area contributed by atoms with Gasteiger partial charge in [0.05, 0.1) is 7.11 Å². The van der Waals surface area contributed by atoms with E-state index in [1.54, 1.807) is 7.11 Å². The van der Waals surface area contributed by atoms with Crippen LogP contribution in [0, 0.1) is 0 Å². The van der Waals surface area contributed by atoms with Crippen LogP contribution in [0.3, 0.4) is 0 Å². The van der Waals surface area contributed by atoms with E-state index in [-0.39, 0.29) is 18.1 Å². The van der Waals surface area contributed by atoms with Crippen LogP contribution >= 0.6 is 0 Å². The smallest absolute Gasteiger partial charge is 0.496 e. The number of aryl methyl sites for hydroxylation is 1. The molecule has 0 aliphatic carbocycles. The first-order chi connectivity index (χ1) is 11.4. The fourth-order valence-corrected chi connectivity index (χ4v) is 2.12. The molecule has 1 N–H and O–H groups in total. The largest absolute Gasteiger partial charge is 0.573 e. The first-order valence-electron chi connectivity index (χ1n) is 7.15. The van der Waals surface area contributed by atoms with Gasteiger partial charge in [0.15, 0.2) is 0 Å². The van der Waals surface area contributed by atoms with E-state index in [2.05, 4.69) is 10.1 Å². The molecule has 0 saturated heterocycles. The Morgan fingerprint density at radius 2 is 1.75 bits per heavy atom. The maximum absolute atomic E-state index is 12.1. The van der Waals surface area contributed by atoms with Crippen molar-refractivity contribution in [1.29, 1.82) is 0 Å². The highest BCUT2D eigenvalue weighted by molar-refractivity contribution is 5.90. The van der Waals surface area contributed by atoms with Gasteiger partial charge in [0.1, 0.15) is 11.5 Å². The molecule has 128 valence electrons. The Kier molecular flexibility index (Phi) is 5.68. The number of anilines is 1. The third-order valence-electron chi connectivity index (χ3n) is 3.19. The molecule has 0 bridgehead atoms. The number of para-hydroxylation sites is 1. The first-order valence-corrected chi connectivity index (χ1v) is 7.15. The van der Waals surface area contributed by atoms with E-state index in [0.717, 1.165) is 17.7 Å². The van der Waals surface area contributed by atoms with Gasteiger partial charge in [-0.15, -0.1) is 13.2 Å². The minimum absolute atomic E-state index is 0.223. The summed E-state index contributed by atoms with van der Waals surface area (Å²) in [7, 11) is 1.56. The van der Waals surface area contributed by atoms with Gasteiger partial charge in [-0.1, -0.05) is 18.2 Å². The van der Waals surface area contributed by atoms with Crippen molar-refractivity contribution in [2.24, 2.45) is 0 Å². The Morgan fingerprint density at radius 1 is 1.08 bits per heavy atom. The van der Waals surface area contributed by atoms with Gasteiger partial charge in [0.2, 0.25) is 5.91 Å². The predicted molar refractivity (Wildman–Crippen MR) is 83.1 cm³/mol. The summed E-state index contributed by atoms with van der Waals surface area (Å²) < 4.78 is 45.2. The molecule has 0 atom stereocenters. The highest BCUT2D eigenvalue weighted by Crippen LogP contribution is 2.24. The zero-order valence-corrected chi connectivity index (χ0v) is 12.9. The third-order valence-corrected chi connectivity index (χ3v) is 3.19. The number of hydrogen-bond donors (Lipinski definition) is 1. The van der Waals surface area contributed by atoms with Crippen LogP contribution in [0.2, 0.25) is 0 Å². The topological polar surface area (TPSA) is 47.6 Å². The summed E-state index contributed by atoms with van der Waals surface area (Å²) in [4.78, 5) is 11.9. The molecule has 0 aliphatic heterocycles. The van der Waals surface area contributed by atoms with E-state index in [4.69, 9.17) is 4.74 Å². The second-order valence-corrected chi connectivity index (χ2v) is 4.93. The van der Waals surface area contributed by atoms with Gasteiger partial charge in [0.25, 0.3) is 0 Å². The van der Waals surface area contributed by atoms with Gasteiger partial charge in [-0.25, -0.2) is 0 Å². The molecule has 24 heavy (non-hydrogen) atoms. The summed E-state index contributed by atoms with van der Waals surface area (Å²) in [5.41, 5.74) is 1.30. The average Bonchev–Trinajstić information content (AvgIpc) is 2.53. The maximum Gasteiger partial charge on any atom is 0.573 e. The molecule has 0 heterocycles. The monoisotopic (exact) mass is 339 g/mol. The summed E-state index contributed by atoms with van der Waals surface area (Å²) in [6.07, 6.45) is -4.02. The number of alkyl halides is 3. The molecule has 0 saturated carbocycles. The molecule has 0 radical (unpaired) electrons. The van der Waals surface area contributed by atoms with Crippen molar-refractivity contribution in [3.8, 4) is 11.5 Å². The minimum atomic E-state index is -4.74. The number of ether oxygens (including phenoxy) is 2. The Bertz CT molecular complexity index is 684. The molecule has 2 rings (SSSR count). The number of carbonyl (C=O) groups is 1. The third kappa shape index (κ3) is 5.49. The van der Waals surface area contributed by atoms with Crippen LogP contribution in [0.4, 0.5) is 18.9 Å². The van der Waals surface area contributed by atoms with Crippen molar-refractivity contribution >= 4 is 11.6 Å². The van der Waals surface area contributed by atoms with E-state index in [1.807, 2.05) is 24.3 Å². The van der Waals surface area contributed by atoms with Crippen LogP contribution in [-0.4, -0.2) is 19.4 Å². The van der Waals surface area contributed by atoms with E-state index >= 15 is 0 Å². The zero-order chi connectivity index (χ0) is 17.6. The minimum Gasteiger partial charge on any atom is -0.496 e. The highest BCUT2D eigenvalue weighted by Gasteiger charge is 2.30. The summed E-state index contributed by atoms with van der Waals surface area (Å²) in [6, 6.07) is 12.4. The lowest BCUT2D eigenvalue weighted by Gasteiger charge is -2.10. The number of nitrogens with one attached hydrogen (secondary N) is 1. The average molecular weight is 339 g/mol. The number of methoxy groups -OCH3 is 1. The van der Waals surface area contributed by atoms with Crippen LogP contribution < -0.4 is 14.8 Å². The second-order valence-electron chi connectivity index (χ2n) is 4.93. The molecule has 0 fully saturated rings. The van der Waals surface area contributed by atoms with Crippen LogP contribution in [0.5, 0.6) is 11.5 Å². The quantitative estimate of drug-likeness (QED) is 0.859. The van der Waals surface area contributed by atoms with Crippen molar-refractivity contribution in [2.75, 3.05) is 12.4 Å². The fraction of sp³-hybridized carbons (Fsp3) is 0.235. The number of carbonyl (C=O) groups excluding carboxylic acids is 1. The Hall–Kier alpha value is -2.70. The lowest BCUT2D eigenvalue weighted by atomic mass is 10.1. The summed E-state index contributed by atoms with van der Waals surface area (Å²) in [5.74, 6) is 0.124. The maximum atomic E-state index is 12.1. The summed E-state index contributed by atoms with van der Waals surface area (Å²) in [6.45, 7) is 0. The van der Waals surface area contributed by atoms with Crippen molar-refractivity contribution in [1.82, 2.24) is 0 Å². The van der Waals surface area contributed by atoms with E-state index in [0.29, 0.717) is 17.9 Å². The van der Waals surface area contributed by atoms with Crippen molar-refractivity contribution in [3.63, 3.8) is 0 Å². The van der Waals surface area contributed by atoms with E-state index in [9.17, 15) is 18.0 Å². The molecular formula is C17H16F3NO3. The number of benzene rings is 2. The van der Waals surface area contributed by atoms with Gasteiger partial charge in [-0.2, -0.15) is 0 Å². The first kappa shape index (κ1) is 17.7. The molecule has 2 aromatic rings. The zero-order valence-electron chi connectivity index (χ0n) is 12.9. The molecule has 0 spiro atoms. The summed E-state index contributed by atoms with van der Waals surface area (Å²) >= 11 is 0. The second kappa shape index (κ2) is 7.72. The fourth-order valence-electron chi connectivity index (χ4n) is 2.12. The van der Waals surface area contributed by atoms with Gasteiger partial charge >= 0.3 is 6.36 Å². The Balaban J connectivity index is 1.88. The van der Waals surface area contributed by atoms with Crippen molar-refractivity contribution in [2.45, 2.75) is 19.2 Å². The number of hydrogen-bond acceptors (Lipinski definition) is 3. The molecule has 0 aromatic heterocycles. The van der Waals surface area contributed by atoms with Crippen molar-refractivity contribution in [3.05, 3.63) is 54.1 Å². The molecular weight excluding hydrogens is 323 g/mol. The molecule has 1 amide bonds. The van der Waals surface area contributed by atoms with Crippen LogP contribution in [0.1, 0.15) is 12.0 Å². The lowest BCUT2D eigenvalue weighted by Crippen LogP contribution is -2.17. The normalized spacial score (nSPS) is 11.0. The van der Waals surface area contributed by atoms with Gasteiger partial charge < -0.3 is 14.8 Å². The van der Waals surface area contributed by atoms with Crippen LogP contribution in [0.25, 0.3) is 0 Å². The standard InChI is InChI=1S/C17H16F3NO3/c1-23-15-5-3-2-4-12(15)6-11-16(22)21-13-7-9-14(10-8-13)24-17(18,19)20/h2-5,7-10H,6,11H2,1H3,(H,21,22). The van der Waals surface area contributed by atoms with Crippen molar-refractivity contribution < 1.29 is 27.4 Å². The number of rotatable bonds is 6. The van der Waals surface area contributed by atoms with Gasteiger partial charge in [-0.3, -0.25) is 4.79 Å². The van der Waals surface area contributed by atoms with Gasteiger partial charge in [0, 0.05) is 12.1 Å². The number of amides is 1. The Labute approximate surface area is 137 Å². The van der Waals surface area contributed by atoms with Crippen LogP contribution in [-0.2, 0) is 11.2 Å². The predicted octanol–water partition coefficient (Wildman–Crippen LogP) is 4.17. The van der Waals surface area contributed by atoms with Gasteiger partial charge in [-0.05, 0) is 42.3 Å². The van der Waals surface area contributed by atoms with Crippen LogP contribution in [0.15, 0.2) is 48.5 Å². The molecule has 0 unspecified atom stereocenters. The lowest BCUT2D eigenvalue weighted by molar-refractivity contribution is -0.274. The Morgan fingerprint density at radius 3 is 2.38 bits per heavy atom. The molecule has 2 aromatic carbocycles. The molecule has 4 nitrogen and oxygen atoms in total. The highest BCUT2D eigenvalue weighted by atomic mass is 19.4. The summed E-state index contributed by atoms with van der Waals surface area (Å²) in [5, 5.41) is 2.62. The van der Waals surface area contributed by atoms with E-state index < -0.39 is 6.36 Å². The SMILES string of the molecule is COc1ccccc1CCC(=O)Nc1ccc(OC(F)(F)F)cc1.